The maximum absolute atomic E-state index is 11.2. The lowest BCUT2D eigenvalue weighted by Gasteiger charge is -2.32. The normalized spacial score (nSPS) is 16.9. The molecule has 4 rings (SSSR count). The Morgan fingerprint density at radius 1 is 1.04 bits per heavy atom. The zero-order valence-electron chi connectivity index (χ0n) is 14.7. The highest BCUT2D eigenvalue weighted by Gasteiger charge is 2.24. The minimum atomic E-state index is -0.434. The average Bonchev–Trinajstić information content (AvgIpc) is 2.75. The average molecular weight is 361 g/mol. The Balaban J connectivity index is 1.49. The number of ether oxygens (including phenoxy) is 1. The first-order valence-electron chi connectivity index (χ1n) is 8.70. The fourth-order valence-electron chi connectivity index (χ4n) is 3.06. The van der Waals surface area contributed by atoms with Gasteiger partial charge in [-0.1, -0.05) is 18.2 Å². The lowest BCUT2D eigenvalue weighted by atomic mass is 10.0. The van der Waals surface area contributed by atoms with Gasteiger partial charge in [-0.25, -0.2) is 9.97 Å². The number of amides is 1. The molecule has 0 spiro atoms. The summed E-state index contributed by atoms with van der Waals surface area (Å²) < 4.78 is 5.89. The van der Waals surface area contributed by atoms with Gasteiger partial charge in [0.25, 0.3) is 0 Å². The van der Waals surface area contributed by atoms with Crippen molar-refractivity contribution in [3.05, 3.63) is 72.3 Å². The van der Waals surface area contributed by atoms with Gasteiger partial charge in [0.2, 0.25) is 11.9 Å². The first kappa shape index (κ1) is 17.1. The number of primary amides is 1. The van der Waals surface area contributed by atoms with Crippen molar-refractivity contribution >= 4 is 11.9 Å². The van der Waals surface area contributed by atoms with Crippen molar-refractivity contribution in [2.24, 2.45) is 5.73 Å². The molecule has 1 atom stereocenters. The molecule has 136 valence electrons. The van der Waals surface area contributed by atoms with Crippen molar-refractivity contribution in [2.45, 2.75) is 6.10 Å². The number of benzene rings is 1. The fraction of sp³-hybridized carbons (Fsp3) is 0.200. The van der Waals surface area contributed by atoms with Crippen molar-refractivity contribution < 1.29 is 9.53 Å². The molecule has 2 aromatic heterocycles. The number of nitrogens with zero attached hydrogens (tertiary/aromatic N) is 4. The second-order valence-corrected chi connectivity index (χ2v) is 6.27. The van der Waals surface area contributed by atoms with Crippen LogP contribution in [-0.2, 0) is 4.74 Å². The summed E-state index contributed by atoms with van der Waals surface area (Å²) in [6.45, 7) is 2.01. The van der Waals surface area contributed by atoms with Crippen molar-refractivity contribution in [3.8, 4) is 11.1 Å². The molecule has 7 nitrogen and oxygen atoms in total. The fourth-order valence-corrected chi connectivity index (χ4v) is 3.06. The van der Waals surface area contributed by atoms with Crippen LogP contribution in [0, 0.1) is 0 Å². The highest BCUT2D eigenvalue weighted by molar-refractivity contribution is 5.93. The van der Waals surface area contributed by atoms with Gasteiger partial charge >= 0.3 is 0 Å². The van der Waals surface area contributed by atoms with Crippen LogP contribution in [0.25, 0.3) is 11.1 Å². The maximum Gasteiger partial charge on any atom is 0.248 e. The van der Waals surface area contributed by atoms with Crippen LogP contribution in [0.15, 0.2) is 61.1 Å². The molecule has 2 N–H and O–H groups in total. The summed E-state index contributed by atoms with van der Waals surface area (Å²) in [6, 6.07) is 12.9. The summed E-state index contributed by atoms with van der Waals surface area (Å²) in [5.41, 5.74) is 8.58. The van der Waals surface area contributed by atoms with E-state index < -0.39 is 5.91 Å². The van der Waals surface area contributed by atoms with Gasteiger partial charge < -0.3 is 15.4 Å². The number of anilines is 1. The third kappa shape index (κ3) is 3.78. The Morgan fingerprint density at radius 3 is 2.44 bits per heavy atom. The Hall–Kier alpha value is -3.32. The monoisotopic (exact) mass is 361 g/mol. The Morgan fingerprint density at radius 2 is 1.78 bits per heavy atom. The van der Waals surface area contributed by atoms with Crippen LogP contribution in [0.5, 0.6) is 0 Å². The predicted molar refractivity (Wildman–Crippen MR) is 101 cm³/mol. The van der Waals surface area contributed by atoms with Gasteiger partial charge in [-0.3, -0.25) is 9.78 Å². The van der Waals surface area contributed by atoms with E-state index in [1.54, 1.807) is 30.6 Å². The number of carbonyl (C=O) groups is 1. The van der Waals surface area contributed by atoms with Crippen LogP contribution in [0.3, 0.4) is 0 Å². The Kier molecular flexibility index (Phi) is 4.76. The number of morpholine rings is 1. The molecule has 3 aromatic rings. The number of hydrogen-bond donors (Lipinski definition) is 1. The summed E-state index contributed by atoms with van der Waals surface area (Å²) in [5, 5.41) is 0. The summed E-state index contributed by atoms with van der Waals surface area (Å²) in [4.78, 5) is 26.5. The van der Waals surface area contributed by atoms with Crippen molar-refractivity contribution in [2.75, 3.05) is 24.6 Å². The molecule has 0 unspecified atom stereocenters. The first-order chi connectivity index (χ1) is 13.2. The molecule has 3 heterocycles. The first-order valence-corrected chi connectivity index (χ1v) is 8.70. The number of pyridine rings is 1. The van der Waals surface area contributed by atoms with Gasteiger partial charge in [0, 0.05) is 36.3 Å². The molecule has 1 amide bonds. The number of nitrogens with two attached hydrogens (primary N) is 1. The summed E-state index contributed by atoms with van der Waals surface area (Å²) >= 11 is 0. The van der Waals surface area contributed by atoms with Crippen LogP contribution in [0.1, 0.15) is 22.2 Å². The third-order valence-electron chi connectivity index (χ3n) is 4.52. The minimum Gasteiger partial charge on any atom is -0.368 e. The zero-order chi connectivity index (χ0) is 18.6. The van der Waals surface area contributed by atoms with Gasteiger partial charge in [0.15, 0.2) is 0 Å². The van der Waals surface area contributed by atoms with Crippen LogP contribution in [-0.4, -0.2) is 40.6 Å². The molecule has 0 radical (unpaired) electrons. The van der Waals surface area contributed by atoms with Gasteiger partial charge in [0.1, 0.15) is 6.10 Å². The highest BCUT2D eigenvalue weighted by Crippen LogP contribution is 2.25. The smallest absolute Gasteiger partial charge is 0.248 e. The van der Waals surface area contributed by atoms with E-state index in [0.717, 1.165) is 23.4 Å². The largest absolute Gasteiger partial charge is 0.368 e. The van der Waals surface area contributed by atoms with E-state index >= 15 is 0 Å². The van der Waals surface area contributed by atoms with E-state index in [-0.39, 0.29) is 6.10 Å². The topological polar surface area (TPSA) is 94.2 Å². The Bertz CT molecular complexity index is 913. The van der Waals surface area contributed by atoms with E-state index in [9.17, 15) is 4.79 Å². The van der Waals surface area contributed by atoms with E-state index in [0.29, 0.717) is 24.7 Å². The molecule has 1 fully saturated rings. The second-order valence-electron chi connectivity index (χ2n) is 6.27. The van der Waals surface area contributed by atoms with Crippen LogP contribution < -0.4 is 10.6 Å². The molecule has 0 aliphatic carbocycles. The minimum absolute atomic E-state index is 0.131. The van der Waals surface area contributed by atoms with Crippen molar-refractivity contribution in [3.63, 3.8) is 0 Å². The molecule has 0 bridgehead atoms. The van der Waals surface area contributed by atoms with Gasteiger partial charge in [-0.05, 0) is 29.8 Å². The molecule has 27 heavy (non-hydrogen) atoms. The molecule has 0 saturated carbocycles. The van der Waals surface area contributed by atoms with Crippen LogP contribution in [0.2, 0.25) is 0 Å². The number of carbonyl (C=O) groups excluding carboxylic acids is 1. The number of aromatic nitrogens is 3. The lowest BCUT2D eigenvalue weighted by Crippen LogP contribution is -2.39. The standard InChI is InChI=1S/C20H19N5O2/c21-19(26)15-4-2-14(3-5-15)16-6-7-17(24-12-16)18-13-25(10-11-27-18)20-22-8-1-9-23-20/h1-9,12,18H,10-11,13H2,(H2,21,26)/t18-/m0/s1. The van der Waals surface area contributed by atoms with E-state index in [2.05, 4.69) is 19.9 Å². The van der Waals surface area contributed by atoms with Crippen molar-refractivity contribution in [1.29, 1.82) is 0 Å². The van der Waals surface area contributed by atoms with Crippen LogP contribution >= 0.6 is 0 Å². The van der Waals surface area contributed by atoms with Gasteiger partial charge in [0.05, 0.1) is 18.8 Å². The number of hydrogen-bond acceptors (Lipinski definition) is 6. The summed E-state index contributed by atoms with van der Waals surface area (Å²) in [7, 11) is 0. The molecular formula is C20H19N5O2. The summed E-state index contributed by atoms with van der Waals surface area (Å²) in [5.74, 6) is 0.272. The molecule has 7 heteroatoms. The second kappa shape index (κ2) is 7.51. The lowest BCUT2D eigenvalue weighted by molar-refractivity contribution is 0.0365. The highest BCUT2D eigenvalue weighted by atomic mass is 16.5. The predicted octanol–water partition coefficient (Wildman–Crippen LogP) is 2.22. The third-order valence-corrected chi connectivity index (χ3v) is 4.52. The molecule has 1 saturated heterocycles. The van der Waals surface area contributed by atoms with E-state index in [1.165, 1.54) is 0 Å². The zero-order valence-corrected chi connectivity index (χ0v) is 14.7. The molecule has 1 aliphatic rings. The molecular weight excluding hydrogens is 342 g/mol. The van der Waals surface area contributed by atoms with Gasteiger partial charge in [-0.15, -0.1) is 0 Å². The SMILES string of the molecule is NC(=O)c1ccc(-c2ccc([C@@H]3CN(c4ncccn4)CCO3)nc2)cc1. The maximum atomic E-state index is 11.2. The van der Waals surface area contributed by atoms with E-state index in [4.69, 9.17) is 10.5 Å². The quantitative estimate of drug-likeness (QED) is 0.766. The molecule has 1 aliphatic heterocycles. The summed E-state index contributed by atoms with van der Waals surface area (Å²) in [6.07, 6.45) is 5.16. The van der Waals surface area contributed by atoms with Crippen LogP contribution in [0.4, 0.5) is 5.95 Å². The number of rotatable bonds is 4. The van der Waals surface area contributed by atoms with Gasteiger partial charge in [-0.2, -0.15) is 0 Å². The Labute approximate surface area is 156 Å². The van der Waals surface area contributed by atoms with E-state index in [1.807, 2.05) is 30.5 Å². The van der Waals surface area contributed by atoms with Crippen molar-refractivity contribution in [1.82, 2.24) is 15.0 Å². The molecule has 1 aromatic carbocycles.